The van der Waals surface area contributed by atoms with Crippen molar-refractivity contribution in [3.05, 3.63) is 48.2 Å². The van der Waals surface area contributed by atoms with Gasteiger partial charge >= 0.3 is 0 Å². The van der Waals surface area contributed by atoms with Crippen molar-refractivity contribution in [3.63, 3.8) is 0 Å². The summed E-state index contributed by atoms with van der Waals surface area (Å²) in [6.45, 7) is 18.8. The predicted molar refractivity (Wildman–Crippen MR) is 166 cm³/mol. The maximum absolute atomic E-state index is 14.0. The van der Waals surface area contributed by atoms with Gasteiger partial charge in [-0.3, -0.25) is 19.3 Å². The maximum atomic E-state index is 14.0. The van der Waals surface area contributed by atoms with Gasteiger partial charge in [0.1, 0.15) is 11.8 Å². The van der Waals surface area contributed by atoms with Crippen molar-refractivity contribution in [2.24, 2.45) is 11.3 Å². The van der Waals surface area contributed by atoms with Crippen molar-refractivity contribution in [2.75, 3.05) is 54.9 Å². The zero-order valence-corrected chi connectivity index (χ0v) is 27.5. The van der Waals surface area contributed by atoms with Gasteiger partial charge in [-0.05, 0) is 31.0 Å². The third-order valence-corrected chi connectivity index (χ3v) is 7.84. The fraction of sp³-hybridized carbons (Fsp3) is 0.656. The van der Waals surface area contributed by atoms with Crippen LogP contribution in [0.1, 0.15) is 54.0 Å². The van der Waals surface area contributed by atoms with Crippen LogP contribution in [-0.2, 0) is 24.5 Å². The highest BCUT2D eigenvalue weighted by atomic mass is 16.5. The van der Waals surface area contributed by atoms with E-state index in [4.69, 9.17) is 4.74 Å². The van der Waals surface area contributed by atoms with Crippen LogP contribution in [0, 0.1) is 11.3 Å². The Hall–Kier alpha value is -2.91. The Bertz CT molecular complexity index is 1020. The van der Waals surface area contributed by atoms with E-state index in [1.165, 1.54) is 7.11 Å². The molecule has 0 aromatic heterocycles. The number of nitrogens with zero attached hydrogens (tertiary/aromatic N) is 3. The van der Waals surface area contributed by atoms with Gasteiger partial charge in [0.2, 0.25) is 17.7 Å². The molecule has 0 bridgehead atoms. The summed E-state index contributed by atoms with van der Waals surface area (Å²) in [5, 5.41) is 6.28. The molecule has 0 aliphatic carbocycles. The Morgan fingerprint density at radius 3 is 1.98 bits per heavy atom. The number of hydrogen-bond donors (Lipinski definition) is 2. The number of nitrogens with one attached hydrogen (secondary N) is 2. The SMILES string of the molecule is C=C(CN(C)C(=O)CN(C)C[C@H](C(C)C)N(C)C(=O)C(NC(=O)[C@@H](NC)C(C)(C)c1ccccc1)C(C)(C)C)OC. The van der Waals surface area contributed by atoms with Crippen LogP contribution >= 0.6 is 0 Å². The smallest absolute Gasteiger partial charge is 0.245 e. The summed E-state index contributed by atoms with van der Waals surface area (Å²) in [7, 11) is 8.67. The van der Waals surface area contributed by atoms with Crippen LogP contribution in [0.25, 0.3) is 0 Å². The summed E-state index contributed by atoms with van der Waals surface area (Å²) in [5.74, 6) is 0.168. The fourth-order valence-electron chi connectivity index (χ4n) is 5.03. The monoisotopic (exact) mass is 573 g/mol. The standard InChI is InChI=1S/C32H55N5O4/c1-22(2)25(20-35(10)21-26(38)36(11)19-23(3)41-13)37(12)30(40)28(31(4,5)6)34-29(39)27(33-9)32(7,8)24-17-15-14-16-18-24/h14-18,22,25,27-28,33H,3,19-21H2,1-2,4-13H3,(H,34,39)/t25-,27-,28?/m1/s1. The molecular formula is C32H55N5O4. The van der Waals surface area contributed by atoms with Crippen LogP contribution in [-0.4, -0.2) is 105 Å². The summed E-state index contributed by atoms with van der Waals surface area (Å²) in [5.41, 5.74) is -0.0259. The van der Waals surface area contributed by atoms with Crippen molar-refractivity contribution >= 4 is 17.7 Å². The molecular weight excluding hydrogens is 518 g/mol. The topological polar surface area (TPSA) is 94.2 Å². The van der Waals surface area contributed by atoms with E-state index >= 15 is 0 Å². The Balaban J connectivity index is 3.12. The maximum Gasteiger partial charge on any atom is 0.245 e. The molecule has 41 heavy (non-hydrogen) atoms. The molecule has 9 nitrogen and oxygen atoms in total. The van der Waals surface area contributed by atoms with Gasteiger partial charge < -0.3 is 25.2 Å². The number of rotatable bonds is 15. The first-order valence-corrected chi connectivity index (χ1v) is 14.3. The fourth-order valence-corrected chi connectivity index (χ4v) is 5.03. The number of carbonyl (C=O) groups is 3. The van der Waals surface area contributed by atoms with E-state index in [0.29, 0.717) is 18.8 Å². The molecule has 0 heterocycles. The molecule has 0 saturated carbocycles. The summed E-state index contributed by atoms with van der Waals surface area (Å²) < 4.78 is 5.09. The van der Waals surface area contributed by atoms with E-state index in [-0.39, 0.29) is 36.2 Å². The molecule has 0 aliphatic rings. The molecule has 3 amide bonds. The highest BCUT2D eigenvalue weighted by Crippen LogP contribution is 2.29. The number of benzene rings is 1. The van der Waals surface area contributed by atoms with Crippen molar-refractivity contribution in [1.29, 1.82) is 0 Å². The molecule has 2 N–H and O–H groups in total. The van der Waals surface area contributed by atoms with Crippen LogP contribution in [0.3, 0.4) is 0 Å². The quantitative estimate of drug-likeness (QED) is 0.313. The predicted octanol–water partition coefficient (Wildman–Crippen LogP) is 3.12. The summed E-state index contributed by atoms with van der Waals surface area (Å²) in [4.78, 5) is 45.8. The van der Waals surface area contributed by atoms with E-state index in [2.05, 4.69) is 31.1 Å². The van der Waals surface area contributed by atoms with E-state index in [0.717, 1.165) is 5.56 Å². The van der Waals surface area contributed by atoms with Gasteiger partial charge in [-0.1, -0.05) is 85.4 Å². The molecule has 232 valence electrons. The average Bonchev–Trinajstić information content (AvgIpc) is 2.89. The van der Waals surface area contributed by atoms with Gasteiger partial charge in [-0.2, -0.15) is 0 Å². The molecule has 0 spiro atoms. The van der Waals surface area contributed by atoms with Gasteiger partial charge in [0.05, 0.1) is 26.2 Å². The van der Waals surface area contributed by atoms with Crippen molar-refractivity contribution in [2.45, 2.75) is 72.0 Å². The van der Waals surface area contributed by atoms with Gasteiger partial charge in [0.25, 0.3) is 0 Å². The second-order valence-electron chi connectivity index (χ2n) is 13.1. The highest BCUT2D eigenvalue weighted by Gasteiger charge is 2.41. The molecule has 9 heteroatoms. The summed E-state index contributed by atoms with van der Waals surface area (Å²) in [6, 6.07) is 8.41. The largest absolute Gasteiger partial charge is 0.500 e. The lowest BCUT2D eigenvalue weighted by Gasteiger charge is -2.41. The zero-order valence-electron chi connectivity index (χ0n) is 27.5. The van der Waals surface area contributed by atoms with Gasteiger partial charge in [0, 0.05) is 32.1 Å². The summed E-state index contributed by atoms with van der Waals surface area (Å²) >= 11 is 0. The van der Waals surface area contributed by atoms with Crippen LogP contribution in [0.2, 0.25) is 0 Å². The van der Waals surface area contributed by atoms with E-state index in [9.17, 15) is 14.4 Å². The van der Waals surface area contributed by atoms with E-state index in [1.807, 2.05) is 76.9 Å². The minimum Gasteiger partial charge on any atom is -0.500 e. The lowest BCUT2D eigenvalue weighted by Crippen LogP contribution is -2.62. The summed E-state index contributed by atoms with van der Waals surface area (Å²) in [6.07, 6.45) is 0. The number of carbonyl (C=O) groups excluding carboxylic acids is 3. The van der Waals surface area contributed by atoms with Crippen LogP contribution in [0.4, 0.5) is 0 Å². The Morgan fingerprint density at radius 2 is 1.51 bits per heavy atom. The van der Waals surface area contributed by atoms with Crippen LogP contribution in [0.5, 0.6) is 0 Å². The van der Waals surface area contributed by atoms with Crippen molar-refractivity contribution < 1.29 is 19.1 Å². The molecule has 1 rings (SSSR count). The number of amides is 3. The second kappa shape index (κ2) is 15.4. The van der Waals surface area contributed by atoms with Crippen molar-refractivity contribution in [1.82, 2.24) is 25.3 Å². The van der Waals surface area contributed by atoms with Crippen LogP contribution in [0.15, 0.2) is 42.7 Å². The zero-order chi connectivity index (χ0) is 31.7. The minimum atomic E-state index is -0.748. The Kier molecular flexibility index (Phi) is 13.5. The molecule has 1 aromatic carbocycles. The second-order valence-corrected chi connectivity index (χ2v) is 13.1. The van der Waals surface area contributed by atoms with Gasteiger partial charge in [0.15, 0.2) is 0 Å². The third-order valence-electron chi connectivity index (χ3n) is 7.84. The normalized spacial score (nSPS) is 14.3. The Labute approximate surface area is 248 Å². The van der Waals surface area contributed by atoms with E-state index < -0.39 is 22.9 Å². The molecule has 0 aliphatic heterocycles. The number of hydrogen-bond acceptors (Lipinski definition) is 6. The number of methoxy groups -OCH3 is 1. The first kappa shape index (κ1) is 36.1. The number of ether oxygens (including phenoxy) is 1. The average molecular weight is 574 g/mol. The van der Waals surface area contributed by atoms with Gasteiger partial charge in [-0.15, -0.1) is 0 Å². The first-order valence-electron chi connectivity index (χ1n) is 14.3. The Morgan fingerprint density at radius 1 is 0.951 bits per heavy atom. The minimum absolute atomic E-state index is 0.0684. The first-order chi connectivity index (χ1) is 18.9. The molecule has 0 saturated heterocycles. The third kappa shape index (κ3) is 10.1. The lowest BCUT2D eigenvalue weighted by molar-refractivity contribution is -0.142. The van der Waals surface area contributed by atoms with Crippen molar-refractivity contribution in [3.8, 4) is 0 Å². The highest BCUT2D eigenvalue weighted by molar-refractivity contribution is 5.91. The lowest BCUT2D eigenvalue weighted by atomic mass is 9.76. The molecule has 3 atom stereocenters. The van der Waals surface area contributed by atoms with Gasteiger partial charge in [-0.25, -0.2) is 0 Å². The molecule has 0 radical (unpaired) electrons. The number of likely N-dealkylation sites (N-methyl/N-ethyl adjacent to an activating group) is 4. The van der Waals surface area contributed by atoms with Crippen LogP contribution < -0.4 is 10.6 Å². The molecule has 1 unspecified atom stereocenters. The molecule has 0 fully saturated rings. The van der Waals surface area contributed by atoms with E-state index in [1.54, 1.807) is 30.9 Å². The molecule has 1 aromatic rings.